The van der Waals surface area contributed by atoms with Crippen LogP contribution in [0.5, 0.6) is 0 Å². The first kappa shape index (κ1) is 13.2. The Bertz CT molecular complexity index is 261. The second kappa shape index (κ2) is 8.28. The Morgan fingerprint density at radius 2 is 1.88 bits per heavy atom. The predicted octanol–water partition coefficient (Wildman–Crippen LogP) is 1.73. The molecule has 16 heavy (non-hydrogen) atoms. The van der Waals surface area contributed by atoms with Crippen molar-refractivity contribution in [1.29, 1.82) is 0 Å². The van der Waals surface area contributed by atoms with Gasteiger partial charge in [0.25, 0.3) is 0 Å². The molecule has 0 aromatic heterocycles. The van der Waals surface area contributed by atoms with Crippen LogP contribution in [0.4, 0.5) is 0 Å². The maximum atomic E-state index is 9.10. The summed E-state index contributed by atoms with van der Waals surface area (Å²) in [6, 6.07) is 10.1. The smallest absolute Gasteiger partial charge is 0.0771 e. The minimum atomic E-state index is -0.575. The first-order valence-electron chi connectivity index (χ1n) is 5.73. The van der Waals surface area contributed by atoms with Gasteiger partial charge in [0.2, 0.25) is 0 Å². The molecule has 90 valence electrons. The zero-order chi connectivity index (χ0) is 11.6. The second-order valence-electron chi connectivity index (χ2n) is 3.87. The number of ether oxygens (including phenoxy) is 1. The van der Waals surface area contributed by atoms with Gasteiger partial charge in [0.05, 0.1) is 19.3 Å². The third kappa shape index (κ3) is 5.85. The highest BCUT2D eigenvalue weighted by Crippen LogP contribution is 2.04. The maximum Gasteiger partial charge on any atom is 0.0771 e. The topological polar surface area (TPSA) is 49.7 Å². The molecule has 0 saturated heterocycles. The largest absolute Gasteiger partial charge is 0.394 e. The average molecular weight is 224 g/mol. The molecule has 0 heterocycles. The van der Waals surface area contributed by atoms with Gasteiger partial charge in [0.15, 0.2) is 0 Å². The lowest BCUT2D eigenvalue weighted by Gasteiger charge is -2.07. The number of hydrogen-bond donors (Lipinski definition) is 2. The first-order valence-corrected chi connectivity index (χ1v) is 5.73. The molecule has 0 bridgehead atoms. The van der Waals surface area contributed by atoms with Crippen LogP contribution in [0.2, 0.25) is 0 Å². The Kier molecular flexibility index (Phi) is 6.81. The number of hydrogen-bond acceptors (Lipinski definition) is 3. The van der Waals surface area contributed by atoms with Crippen LogP contribution in [0.3, 0.4) is 0 Å². The Hall–Kier alpha value is -0.900. The lowest BCUT2D eigenvalue weighted by atomic mass is 10.2. The van der Waals surface area contributed by atoms with E-state index >= 15 is 0 Å². The molecule has 0 amide bonds. The van der Waals surface area contributed by atoms with Gasteiger partial charge in [-0.2, -0.15) is 0 Å². The van der Waals surface area contributed by atoms with Crippen molar-refractivity contribution < 1.29 is 14.9 Å². The molecule has 0 radical (unpaired) electrons. The van der Waals surface area contributed by atoms with Crippen molar-refractivity contribution in [3.05, 3.63) is 35.9 Å². The number of aliphatic hydroxyl groups is 2. The summed E-state index contributed by atoms with van der Waals surface area (Å²) >= 11 is 0. The Morgan fingerprint density at radius 1 is 1.12 bits per heavy atom. The highest BCUT2D eigenvalue weighted by atomic mass is 16.5. The van der Waals surface area contributed by atoms with Crippen LogP contribution in [-0.2, 0) is 11.3 Å². The van der Waals surface area contributed by atoms with Gasteiger partial charge in [0, 0.05) is 6.61 Å². The van der Waals surface area contributed by atoms with Crippen molar-refractivity contribution in [1.82, 2.24) is 0 Å². The van der Waals surface area contributed by atoms with Crippen LogP contribution >= 0.6 is 0 Å². The quantitative estimate of drug-likeness (QED) is 0.661. The summed E-state index contributed by atoms with van der Waals surface area (Å²) < 4.78 is 5.49. The first-order chi connectivity index (χ1) is 7.83. The van der Waals surface area contributed by atoms with Gasteiger partial charge >= 0.3 is 0 Å². The Morgan fingerprint density at radius 3 is 2.56 bits per heavy atom. The Balaban J connectivity index is 1.96. The molecule has 0 fully saturated rings. The molecule has 1 atom stereocenters. The van der Waals surface area contributed by atoms with Gasteiger partial charge in [-0.3, -0.25) is 0 Å². The van der Waals surface area contributed by atoms with Gasteiger partial charge in [-0.05, 0) is 24.8 Å². The van der Waals surface area contributed by atoms with Crippen molar-refractivity contribution in [2.75, 3.05) is 13.2 Å². The van der Waals surface area contributed by atoms with E-state index in [9.17, 15) is 0 Å². The van der Waals surface area contributed by atoms with Crippen molar-refractivity contribution in [3.8, 4) is 0 Å². The van der Waals surface area contributed by atoms with Crippen LogP contribution in [0.1, 0.15) is 24.8 Å². The fourth-order valence-electron chi connectivity index (χ4n) is 1.44. The van der Waals surface area contributed by atoms with Crippen molar-refractivity contribution in [2.45, 2.75) is 32.0 Å². The SMILES string of the molecule is OC[C@@H](O)CCCCOCc1ccccc1. The van der Waals surface area contributed by atoms with Crippen molar-refractivity contribution in [2.24, 2.45) is 0 Å². The fourth-order valence-corrected chi connectivity index (χ4v) is 1.44. The van der Waals surface area contributed by atoms with Crippen molar-refractivity contribution >= 4 is 0 Å². The predicted molar refractivity (Wildman–Crippen MR) is 63.0 cm³/mol. The van der Waals surface area contributed by atoms with Crippen LogP contribution in [0, 0.1) is 0 Å². The molecule has 3 nitrogen and oxygen atoms in total. The lowest BCUT2D eigenvalue weighted by Crippen LogP contribution is -2.11. The normalized spacial score (nSPS) is 12.6. The monoisotopic (exact) mass is 224 g/mol. The standard InChI is InChI=1S/C13H20O3/c14-10-13(15)8-4-5-9-16-11-12-6-2-1-3-7-12/h1-3,6-7,13-15H,4-5,8-11H2/t13-/m0/s1. The van der Waals surface area contributed by atoms with E-state index in [0.717, 1.165) is 12.8 Å². The fraction of sp³-hybridized carbons (Fsp3) is 0.538. The summed E-state index contributed by atoms with van der Waals surface area (Å²) in [5.74, 6) is 0. The molecule has 0 aliphatic carbocycles. The molecule has 2 N–H and O–H groups in total. The molecule has 0 aliphatic rings. The molecule has 0 aliphatic heterocycles. The van der Waals surface area contributed by atoms with E-state index in [-0.39, 0.29) is 6.61 Å². The molecule has 0 unspecified atom stereocenters. The molecule has 0 saturated carbocycles. The van der Waals surface area contributed by atoms with E-state index in [1.807, 2.05) is 30.3 Å². The van der Waals surface area contributed by atoms with Gasteiger partial charge in [-0.15, -0.1) is 0 Å². The third-order valence-electron chi connectivity index (χ3n) is 2.40. The zero-order valence-electron chi connectivity index (χ0n) is 9.51. The molecule has 1 aromatic carbocycles. The molecule has 0 spiro atoms. The zero-order valence-corrected chi connectivity index (χ0v) is 9.51. The summed E-state index contributed by atoms with van der Waals surface area (Å²) in [6.45, 7) is 1.20. The molecule has 1 aromatic rings. The van der Waals surface area contributed by atoms with Crippen molar-refractivity contribution in [3.63, 3.8) is 0 Å². The van der Waals surface area contributed by atoms with Crippen LogP contribution in [0.15, 0.2) is 30.3 Å². The van der Waals surface area contributed by atoms with Gasteiger partial charge in [-0.1, -0.05) is 30.3 Å². The van der Waals surface area contributed by atoms with E-state index in [4.69, 9.17) is 14.9 Å². The summed E-state index contributed by atoms with van der Waals surface area (Å²) in [7, 11) is 0. The van der Waals surface area contributed by atoms with E-state index in [1.165, 1.54) is 5.56 Å². The maximum absolute atomic E-state index is 9.10. The van der Waals surface area contributed by atoms with Crippen LogP contribution in [-0.4, -0.2) is 29.5 Å². The summed E-state index contributed by atoms with van der Waals surface area (Å²) in [6.07, 6.45) is 1.88. The number of rotatable bonds is 8. The highest BCUT2D eigenvalue weighted by Gasteiger charge is 2.00. The average Bonchev–Trinajstić information content (AvgIpc) is 2.34. The second-order valence-corrected chi connectivity index (χ2v) is 3.87. The van der Waals surface area contributed by atoms with E-state index < -0.39 is 6.10 Å². The number of benzene rings is 1. The van der Waals surface area contributed by atoms with Crippen LogP contribution < -0.4 is 0 Å². The molecule has 1 rings (SSSR count). The van der Waals surface area contributed by atoms with Crippen LogP contribution in [0.25, 0.3) is 0 Å². The molecular weight excluding hydrogens is 204 g/mol. The molecule has 3 heteroatoms. The highest BCUT2D eigenvalue weighted by molar-refractivity contribution is 5.13. The molecular formula is C13H20O3. The van der Waals surface area contributed by atoms with Gasteiger partial charge in [-0.25, -0.2) is 0 Å². The summed E-state index contributed by atoms with van der Waals surface area (Å²) in [4.78, 5) is 0. The van der Waals surface area contributed by atoms with E-state index in [1.54, 1.807) is 0 Å². The van der Waals surface area contributed by atoms with Gasteiger partial charge in [0.1, 0.15) is 0 Å². The van der Waals surface area contributed by atoms with E-state index in [2.05, 4.69) is 0 Å². The number of unbranched alkanes of at least 4 members (excludes halogenated alkanes) is 1. The van der Waals surface area contributed by atoms with E-state index in [0.29, 0.717) is 19.6 Å². The third-order valence-corrected chi connectivity index (χ3v) is 2.40. The summed E-state index contributed by atoms with van der Waals surface area (Å²) in [5.41, 5.74) is 1.18. The number of aliphatic hydroxyl groups excluding tert-OH is 2. The lowest BCUT2D eigenvalue weighted by molar-refractivity contribution is 0.0785. The van der Waals surface area contributed by atoms with Gasteiger partial charge < -0.3 is 14.9 Å². The minimum absolute atomic E-state index is 0.148. The Labute approximate surface area is 96.7 Å². The summed E-state index contributed by atoms with van der Waals surface area (Å²) in [5, 5.41) is 17.7. The minimum Gasteiger partial charge on any atom is -0.394 e.